The van der Waals surface area contributed by atoms with Crippen molar-refractivity contribution >= 4 is 48.1 Å². The first-order chi connectivity index (χ1) is 17.4. The number of benzene rings is 4. The van der Waals surface area contributed by atoms with E-state index in [1.165, 1.54) is 0 Å². The van der Waals surface area contributed by atoms with Gasteiger partial charge in [0.1, 0.15) is 5.75 Å². The number of halogens is 1. The van der Waals surface area contributed by atoms with Crippen molar-refractivity contribution in [2.75, 3.05) is 17.1 Å². The molecule has 4 aromatic carbocycles. The molecule has 0 spiro atoms. The van der Waals surface area contributed by atoms with E-state index >= 15 is 0 Å². The number of allylic oxidation sites excluding steroid dienone is 2. The van der Waals surface area contributed by atoms with Gasteiger partial charge in [0.2, 0.25) is 0 Å². The predicted molar refractivity (Wildman–Crippen MR) is 148 cm³/mol. The quantitative estimate of drug-likeness (QED) is 0.252. The molecule has 0 amide bonds. The van der Waals surface area contributed by atoms with Crippen molar-refractivity contribution in [2.45, 2.75) is 23.3 Å². The van der Waals surface area contributed by atoms with E-state index in [9.17, 15) is 8.42 Å². The number of hydrogen-bond donors (Lipinski definition) is 2. The molecule has 3 atom stereocenters. The molecule has 5 nitrogen and oxygen atoms in total. The molecule has 0 saturated heterocycles. The maximum atomic E-state index is 13.5. The van der Waals surface area contributed by atoms with Gasteiger partial charge in [-0.2, -0.15) is 0 Å². The minimum absolute atomic E-state index is 0.0428. The number of anilines is 2. The zero-order chi connectivity index (χ0) is 24.9. The normalized spacial score (nSPS) is 20.4. The Labute approximate surface area is 219 Å². The van der Waals surface area contributed by atoms with E-state index in [4.69, 9.17) is 4.74 Å². The summed E-state index contributed by atoms with van der Waals surface area (Å²) in [6, 6.07) is 24.9. The summed E-state index contributed by atoms with van der Waals surface area (Å²) >= 11 is 3.60. The van der Waals surface area contributed by atoms with Crippen LogP contribution in [0.4, 0.5) is 11.4 Å². The summed E-state index contributed by atoms with van der Waals surface area (Å²) in [5, 5.41) is 5.54. The summed E-state index contributed by atoms with van der Waals surface area (Å²) in [6.07, 6.45) is 5.30. The van der Waals surface area contributed by atoms with Gasteiger partial charge < -0.3 is 10.1 Å². The third-order valence-electron chi connectivity index (χ3n) is 7.21. The number of hydrogen-bond acceptors (Lipinski definition) is 4. The van der Waals surface area contributed by atoms with Crippen LogP contribution in [0.3, 0.4) is 0 Å². The first-order valence-electron chi connectivity index (χ1n) is 11.9. The molecular formula is C29H25BrN2O3S. The van der Waals surface area contributed by atoms with Crippen molar-refractivity contribution in [1.29, 1.82) is 0 Å². The monoisotopic (exact) mass is 560 g/mol. The van der Waals surface area contributed by atoms with Gasteiger partial charge in [0.25, 0.3) is 10.0 Å². The minimum atomic E-state index is -3.78. The van der Waals surface area contributed by atoms with Crippen molar-refractivity contribution in [3.05, 3.63) is 107 Å². The minimum Gasteiger partial charge on any atom is -0.496 e. The molecule has 0 saturated carbocycles. The van der Waals surface area contributed by atoms with E-state index in [1.54, 1.807) is 19.2 Å². The number of nitrogens with one attached hydrogen (secondary N) is 2. The van der Waals surface area contributed by atoms with Gasteiger partial charge in [-0.1, -0.05) is 64.5 Å². The largest absolute Gasteiger partial charge is 0.496 e. The maximum Gasteiger partial charge on any atom is 0.261 e. The van der Waals surface area contributed by atoms with Crippen LogP contribution in [0.2, 0.25) is 0 Å². The molecule has 2 N–H and O–H groups in total. The van der Waals surface area contributed by atoms with Crippen molar-refractivity contribution < 1.29 is 13.2 Å². The second-order valence-electron chi connectivity index (χ2n) is 9.24. The molecule has 0 bridgehead atoms. The molecule has 0 fully saturated rings. The van der Waals surface area contributed by atoms with Crippen LogP contribution in [0.25, 0.3) is 10.8 Å². The van der Waals surface area contributed by atoms with E-state index in [0.29, 0.717) is 5.69 Å². The second-order valence-corrected chi connectivity index (χ2v) is 11.8. The molecule has 6 rings (SSSR count). The van der Waals surface area contributed by atoms with Crippen LogP contribution >= 0.6 is 15.9 Å². The molecule has 182 valence electrons. The van der Waals surface area contributed by atoms with Crippen LogP contribution in [0.15, 0.2) is 100 Å². The van der Waals surface area contributed by atoms with Crippen LogP contribution < -0.4 is 14.8 Å². The fourth-order valence-corrected chi connectivity index (χ4v) is 7.01. The summed E-state index contributed by atoms with van der Waals surface area (Å²) in [5.74, 6) is 1.20. The Morgan fingerprint density at radius 3 is 2.67 bits per heavy atom. The summed E-state index contributed by atoms with van der Waals surface area (Å²) in [4.78, 5) is 0.258. The summed E-state index contributed by atoms with van der Waals surface area (Å²) in [6.45, 7) is 0. The Kier molecular flexibility index (Phi) is 5.77. The lowest BCUT2D eigenvalue weighted by Crippen LogP contribution is -2.29. The SMILES string of the molecule is COc1ccc(Br)cc1[C@H]1Nc2ccc(S(=O)(=O)Nc3cccc4ccccc34)cc2[C@H]2C=CC[C@H]21. The number of sulfonamides is 1. The van der Waals surface area contributed by atoms with Crippen molar-refractivity contribution in [1.82, 2.24) is 0 Å². The van der Waals surface area contributed by atoms with E-state index in [1.807, 2.05) is 60.7 Å². The van der Waals surface area contributed by atoms with Crippen molar-refractivity contribution in [3.63, 3.8) is 0 Å². The van der Waals surface area contributed by atoms with Gasteiger partial charge in [0.15, 0.2) is 0 Å². The molecule has 36 heavy (non-hydrogen) atoms. The lowest BCUT2D eigenvalue weighted by atomic mass is 9.77. The van der Waals surface area contributed by atoms with Crippen LogP contribution in [0, 0.1) is 5.92 Å². The molecule has 0 radical (unpaired) electrons. The van der Waals surface area contributed by atoms with Gasteiger partial charge >= 0.3 is 0 Å². The highest BCUT2D eigenvalue weighted by Crippen LogP contribution is 2.51. The average molecular weight is 562 g/mol. The Morgan fingerprint density at radius 1 is 0.972 bits per heavy atom. The van der Waals surface area contributed by atoms with E-state index in [-0.39, 0.29) is 22.8 Å². The summed E-state index contributed by atoms with van der Waals surface area (Å²) in [7, 11) is -2.09. The maximum absolute atomic E-state index is 13.5. The zero-order valence-corrected chi connectivity index (χ0v) is 22.0. The molecule has 4 aromatic rings. The van der Waals surface area contributed by atoms with Crippen LogP contribution in [-0.4, -0.2) is 15.5 Å². The zero-order valence-electron chi connectivity index (χ0n) is 19.6. The topological polar surface area (TPSA) is 67.4 Å². The lowest BCUT2D eigenvalue weighted by Gasteiger charge is -2.38. The van der Waals surface area contributed by atoms with Crippen LogP contribution in [0.5, 0.6) is 5.75 Å². The van der Waals surface area contributed by atoms with Gasteiger partial charge in [0, 0.05) is 27.0 Å². The number of fused-ring (bicyclic) bond motifs is 4. The predicted octanol–water partition coefficient (Wildman–Crippen LogP) is 7.24. The Morgan fingerprint density at radius 2 is 1.81 bits per heavy atom. The molecule has 7 heteroatoms. The van der Waals surface area contributed by atoms with Gasteiger partial charge in [-0.3, -0.25) is 4.72 Å². The first kappa shape index (κ1) is 23.1. The molecule has 1 heterocycles. The van der Waals surface area contributed by atoms with Gasteiger partial charge in [-0.05, 0) is 65.8 Å². The summed E-state index contributed by atoms with van der Waals surface area (Å²) in [5.41, 5.74) is 3.61. The fourth-order valence-electron chi connectivity index (χ4n) is 5.51. The van der Waals surface area contributed by atoms with E-state index in [0.717, 1.165) is 44.2 Å². The second kappa shape index (κ2) is 8.98. The van der Waals surface area contributed by atoms with Crippen molar-refractivity contribution in [3.8, 4) is 5.75 Å². The lowest BCUT2D eigenvalue weighted by molar-refractivity contribution is 0.381. The number of methoxy groups -OCH3 is 1. The van der Waals surface area contributed by atoms with E-state index < -0.39 is 10.0 Å². The molecule has 0 aromatic heterocycles. The fraction of sp³-hybridized carbons (Fsp3) is 0.172. The van der Waals surface area contributed by atoms with E-state index in [2.05, 4.69) is 44.2 Å². The molecular weight excluding hydrogens is 536 g/mol. The van der Waals surface area contributed by atoms with Crippen LogP contribution in [-0.2, 0) is 10.0 Å². The first-order valence-corrected chi connectivity index (χ1v) is 14.1. The Hall–Kier alpha value is -3.29. The average Bonchev–Trinajstić information content (AvgIpc) is 3.38. The Balaban J connectivity index is 1.37. The van der Waals surface area contributed by atoms with Gasteiger partial charge in [-0.25, -0.2) is 8.42 Å². The third kappa shape index (κ3) is 3.96. The Bertz CT molecular complexity index is 1610. The molecule has 2 aliphatic rings. The smallest absolute Gasteiger partial charge is 0.261 e. The standard InChI is InChI=1S/C29H25BrN2O3S/c1-35-28-15-12-19(30)16-25(28)29-23-10-5-9-22(23)24-17-20(13-14-26(24)31-29)36(33,34)32-27-11-4-7-18-6-2-3-8-21(18)27/h2-9,11-17,22-23,29,31-32H,10H2,1H3/t22-,23+,29-/m0/s1. The highest BCUT2D eigenvalue weighted by atomic mass is 79.9. The molecule has 1 aliphatic carbocycles. The van der Waals surface area contributed by atoms with Gasteiger partial charge in [0.05, 0.1) is 23.7 Å². The summed E-state index contributed by atoms with van der Waals surface area (Å²) < 4.78 is 36.4. The number of rotatable bonds is 5. The van der Waals surface area contributed by atoms with Crippen molar-refractivity contribution in [2.24, 2.45) is 5.92 Å². The van der Waals surface area contributed by atoms with Gasteiger partial charge in [-0.15, -0.1) is 0 Å². The highest BCUT2D eigenvalue weighted by Gasteiger charge is 2.39. The number of ether oxygens (including phenoxy) is 1. The molecule has 0 unspecified atom stereocenters. The van der Waals surface area contributed by atoms with Crippen LogP contribution in [0.1, 0.15) is 29.5 Å². The highest BCUT2D eigenvalue weighted by molar-refractivity contribution is 9.10. The third-order valence-corrected chi connectivity index (χ3v) is 9.06. The molecule has 1 aliphatic heterocycles.